The van der Waals surface area contributed by atoms with E-state index in [1.807, 2.05) is 19.1 Å². The van der Waals surface area contributed by atoms with Gasteiger partial charge in [0.2, 0.25) is 0 Å². The molecule has 2 aromatic carbocycles. The summed E-state index contributed by atoms with van der Waals surface area (Å²) in [7, 11) is 0. The summed E-state index contributed by atoms with van der Waals surface area (Å²) in [5.41, 5.74) is 2.83. The minimum atomic E-state index is -0.446. The van der Waals surface area contributed by atoms with Crippen LogP contribution in [0.3, 0.4) is 0 Å². The molecular formula is C22H17F2N3O2. The van der Waals surface area contributed by atoms with E-state index < -0.39 is 11.7 Å². The molecule has 0 aliphatic rings. The van der Waals surface area contributed by atoms with Crippen LogP contribution in [0.2, 0.25) is 0 Å². The fraction of sp³-hybridized carbons (Fsp3) is 0.0909. The maximum atomic E-state index is 13.3. The van der Waals surface area contributed by atoms with Crippen molar-refractivity contribution in [2.45, 2.75) is 6.92 Å². The Bertz CT molecular complexity index is 1190. The Morgan fingerprint density at radius 3 is 2.62 bits per heavy atom. The fourth-order valence-corrected chi connectivity index (χ4v) is 2.95. The topological polar surface area (TPSA) is 55.6 Å². The first-order chi connectivity index (χ1) is 14.0. The highest BCUT2D eigenvalue weighted by molar-refractivity contribution is 5.95. The average molecular weight is 393 g/mol. The largest absolute Gasteiger partial charge is 0.484 e. The molecule has 0 saturated heterocycles. The van der Waals surface area contributed by atoms with Gasteiger partial charge in [-0.1, -0.05) is 6.07 Å². The first kappa shape index (κ1) is 18.6. The lowest BCUT2D eigenvalue weighted by molar-refractivity contribution is -0.118. The summed E-state index contributed by atoms with van der Waals surface area (Å²) >= 11 is 0. The van der Waals surface area contributed by atoms with Gasteiger partial charge >= 0.3 is 0 Å². The van der Waals surface area contributed by atoms with Crippen molar-refractivity contribution in [2.75, 3.05) is 11.9 Å². The zero-order valence-electron chi connectivity index (χ0n) is 15.5. The second-order valence-electron chi connectivity index (χ2n) is 6.54. The van der Waals surface area contributed by atoms with Crippen LogP contribution in [0.5, 0.6) is 5.75 Å². The van der Waals surface area contributed by atoms with Crippen LogP contribution in [0.1, 0.15) is 5.56 Å². The van der Waals surface area contributed by atoms with Crippen molar-refractivity contribution in [3.8, 4) is 17.0 Å². The van der Waals surface area contributed by atoms with E-state index in [0.29, 0.717) is 22.7 Å². The summed E-state index contributed by atoms with van der Waals surface area (Å²) in [5, 5.41) is 2.80. The van der Waals surface area contributed by atoms with Crippen molar-refractivity contribution >= 4 is 17.4 Å². The Morgan fingerprint density at radius 1 is 1.07 bits per heavy atom. The van der Waals surface area contributed by atoms with E-state index in [1.165, 1.54) is 30.3 Å². The van der Waals surface area contributed by atoms with Gasteiger partial charge in [0.05, 0.1) is 0 Å². The molecule has 0 unspecified atom stereocenters. The second kappa shape index (κ2) is 7.71. The maximum Gasteiger partial charge on any atom is 0.263 e. The van der Waals surface area contributed by atoms with Crippen LogP contribution in [0.25, 0.3) is 16.9 Å². The molecule has 29 heavy (non-hydrogen) atoms. The normalized spacial score (nSPS) is 10.9. The Balaban J connectivity index is 1.63. The highest BCUT2D eigenvalue weighted by Crippen LogP contribution is 2.29. The quantitative estimate of drug-likeness (QED) is 0.539. The number of aryl methyl sites for hydroxylation is 1. The van der Waals surface area contributed by atoms with E-state index in [-0.39, 0.29) is 18.2 Å². The number of halogens is 2. The smallest absolute Gasteiger partial charge is 0.263 e. The molecule has 0 saturated carbocycles. The van der Waals surface area contributed by atoms with Gasteiger partial charge in [0, 0.05) is 17.8 Å². The number of imidazole rings is 1. The molecule has 7 heteroatoms. The van der Waals surface area contributed by atoms with Gasteiger partial charge < -0.3 is 10.1 Å². The lowest BCUT2D eigenvalue weighted by Gasteiger charge is -2.09. The van der Waals surface area contributed by atoms with Gasteiger partial charge in [-0.3, -0.25) is 9.20 Å². The highest BCUT2D eigenvalue weighted by Gasteiger charge is 2.17. The zero-order chi connectivity index (χ0) is 20.4. The third-order valence-corrected chi connectivity index (χ3v) is 4.32. The maximum absolute atomic E-state index is 13.3. The molecular weight excluding hydrogens is 376 g/mol. The van der Waals surface area contributed by atoms with Gasteiger partial charge in [0.1, 0.15) is 34.5 Å². The van der Waals surface area contributed by atoms with Crippen LogP contribution < -0.4 is 10.1 Å². The molecule has 0 radical (unpaired) electrons. The van der Waals surface area contributed by atoms with Crippen molar-refractivity contribution in [3.05, 3.63) is 84.1 Å². The van der Waals surface area contributed by atoms with Gasteiger partial charge in [-0.15, -0.1) is 0 Å². The summed E-state index contributed by atoms with van der Waals surface area (Å²) in [6, 6.07) is 15.2. The van der Waals surface area contributed by atoms with Gasteiger partial charge in [0.15, 0.2) is 6.61 Å². The number of nitrogens with one attached hydrogen (secondary N) is 1. The van der Waals surface area contributed by atoms with Crippen LogP contribution in [-0.4, -0.2) is 21.9 Å². The summed E-state index contributed by atoms with van der Waals surface area (Å²) in [4.78, 5) is 17.1. The standard InChI is InChI=1S/C22H17F2N3O2/c1-14-9-10-27-19(11-14)25-21(15-5-7-16(23)8-6-15)22(27)26-20(28)13-29-18-4-2-3-17(24)12-18/h2-12H,13H2,1H3,(H,26,28). The Morgan fingerprint density at radius 2 is 1.86 bits per heavy atom. The monoisotopic (exact) mass is 393 g/mol. The number of aromatic nitrogens is 2. The number of benzene rings is 2. The van der Waals surface area contributed by atoms with E-state index in [2.05, 4.69) is 10.3 Å². The second-order valence-corrected chi connectivity index (χ2v) is 6.54. The van der Waals surface area contributed by atoms with Gasteiger partial charge in [-0.05, 0) is 61.0 Å². The number of carbonyl (C=O) groups is 1. The molecule has 5 nitrogen and oxygen atoms in total. The van der Waals surface area contributed by atoms with E-state index in [4.69, 9.17) is 4.74 Å². The van der Waals surface area contributed by atoms with Gasteiger partial charge in [0.25, 0.3) is 5.91 Å². The van der Waals surface area contributed by atoms with Crippen molar-refractivity contribution in [1.82, 2.24) is 9.38 Å². The van der Waals surface area contributed by atoms with Crippen LogP contribution in [0.4, 0.5) is 14.6 Å². The zero-order valence-corrected chi connectivity index (χ0v) is 15.5. The molecule has 0 fully saturated rings. The summed E-state index contributed by atoms with van der Waals surface area (Å²) < 4.78 is 33.7. The number of amides is 1. The number of hydrogen-bond donors (Lipinski definition) is 1. The van der Waals surface area contributed by atoms with Crippen LogP contribution >= 0.6 is 0 Å². The lowest BCUT2D eigenvalue weighted by Crippen LogP contribution is -2.21. The van der Waals surface area contributed by atoms with Gasteiger partial charge in [-0.2, -0.15) is 0 Å². The predicted octanol–water partition coefficient (Wildman–Crippen LogP) is 4.61. The molecule has 0 aliphatic heterocycles. The molecule has 0 spiro atoms. The number of ether oxygens (including phenoxy) is 1. The van der Waals surface area contributed by atoms with Gasteiger partial charge in [-0.25, -0.2) is 13.8 Å². The molecule has 1 amide bonds. The summed E-state index contributed by atoms with van der Waals surface area (Å²) in [6.07, 6.45) is 1.80. The number of nitrogens with zero attached hydrogens (tertiary/aromatic N) is 2. The number of pyridine rings is 1. The third-order valence-electron chi connectivity index (χ3n) is 4.32. The molecule has 0 atom stereocenters. The fourth-order valence-electron chi connectivity index (χ4n) is 2.95. The van der Waals surface area contributed by atoms with Crippen molar-refractivity contribution in [2.24, 2.45) is 0 Å². The van der Waals surface area contributed by atoms with E-state index in [1.54, 1.807) is 28.8 Å². The molecule has 4 rings (SSSR count). The number of rotatable bonds is 5. The van der Waals surface area contributed by atoms with Crippen molar-refractivity contribution < 1.29 is 18.3 Å². The minimum Gasteiger partial charge on any atom is -0.484 e. The van der Waals surface area contributed by atoms with E-state index >= 15 is 0 Å². The third kappa shape index (κ3) is 4.08. The Kier molecular flexibility index (Phi) is 4.95. The molecule has 0 aliphatic carbocycles. The Hall–Kier alpha value is -3.74. The van der Waals surface area contributed by atoms with Crippen LogP contribution in [0.15, 0.2) is 66.9 Å². The number of fused-ring (bicyclic) bond motifs is 1. The average Bonchev–Trinajstić information content (AvgIpc) is 3.04. The Labute approximate surface area is 165 Å². The highest BCUT2D eigenvalue weighted by atomic mass is 19.1. The molecule has 146 valence electrons. The van der Waals surface area contributed by atoms with Crippen molar-refractivity contribution in [3.63, 3.8) is 0 Å². The molecule has 4 aromatic rings. The summed E-state index contributed by atoms with van der Waals surface area (Å²) in [6.45, 7) is 1.64. The van der Waals surface area contributed by atoms with Crippen LogP contribution in [0, 0.1) is 18.6 Å². The van der Waals surface area contributed by atoms with Crippen molar-refractivity contribution in [1.29, 1.82) is 0 Å². The predicted molar refractivity (Wildman–Crippen MR) is 106 cm³/mol. The van der Waals surface area contributed by atoms with E-state index in [0.717, 1.165) is 5.56 Å². The SMILES string of the molecule is Cc1ccn2c(NC(=O)COc3cccc(F)c3)c(-c3ccc(F)cc3)nc2c1. The number of anilines is 1. The molecule has 0 bridgehead atoms. The molecule has 1 N–H and O–H groups in total. The summed E-state index contributed by atoms with van der Waals surface area (Å²) in [5.74, 6) is -0.534. The minimum absolute atomic E-state index is 0.257. The number of hydrogen-bond acceptors (Lipinski definition) is 3. The molecule has 2 aromatic heterocycles. The molecule has 2 heterocycles. The van der Waals surface area contributed by atoms with Crippen LogP contribution in [-0.2, 0) is 4.79 Å². The van der Waals surface area contributed by atoms with E-state index in [9.17, 15) is 13.6 Å². The lowest BCUT2D eigenvalue weighted by atomic mass is 10.1. The first-order valence-electron chi connectivity index (χ1n) is 8.92. The first-order valence-corrected chi connectivity index (χ1v) is 8.92. The number of carbonyl (C=O) groups excluding carboxylic acids is 1.